The van der Waals surface area contributed by atoms with Crippen LogP contribution in [0.3, 0.4) is 0 Å². The molecule has 0 amide bonds. The summed E-state index contributed by atoms with van der Waals surface area (Å²) in [6.07, 6.45) is -0.505. The van der Waals surface area contributed by atoms with Crippen LogP contribution in [0.15, 0.2) is 0 Å². The summed E-state index contributed by atoms with van der Waals surface area (Å²) in [5.41, 5.74) is 0. The van der Waals surface area contributed by atoms with Gasteiger partial charge in [0.2, 0.25) is 0 Å². The zero-order valence-corrected chi connectivity index (χ0v) is 8.80. The summed E-state index contributed by atoms with van der Waals surface area (Å²) in [7, 11) is 1.35. The van der Waals surface area contributed by atoms with Crippen LogP contribution < -0.4 is 0 Å². The molecule has 0 saturated heterocycles. The fourth-order valence-electron chi connectivity index (χ4n) is 0.639. The van der Waals surface area contributed by atoms with Crippen molar-refractivity contribution in [1.82, 2.24) is 0 Å². The predicted molar refractivity (Wildman–Crippen MR) is 51.8 cm³/mol. The molecule has 0 heterocycles. The zero-order valence-electron chi connectivity index (χ0n) is 7.99. The second-order valence-corrected chi connectivity index (χ2v) is 3.43. The highest BCUT2D eigenvalue weighted by molar-refractivity contribution is 7.99. The van der Waals surface area contributed by atoms with E-state index in [1.165, 1.54) is 18.9 Å². The second kappa shape index (κ2) is 8.34. The van der Waals surface area contributed by atoms with Gasteiger partial charge in [-0.25, -0.2) is 0 Å². The third-order valence-electron chi connectivity index (χ3n) is 1.27. The van der Waals surface area contributed by atoms with Gasteiger partial charge in [0.05, 0.1) is 25.6 Å². The van der Waals surface area contributed by atoms with Crippen molar-refractivity contribution in [2.24, 2.45) is 0 Å². The molecule has 0 aromatic rings. The topological polar surface area (TPSA) is 55.8 Å². The third-order valence-corrected chi connectivity index (χ3v) is 2.33. The summed E-state index contributed by atoms with van der Waals surface area (Å²) in [6.45, 7) is 2.79. The molecule has 0 aromatic heterocycles. The van der Waals surface area contributed by atoms with Crippen LogP contribution in [0.1, 0.15) is 6.92 Å². The number of methoxy groups -OCH3 is 1. The average Bonchev–Trinajstić information content (AvgIpc) is 2.14. The Morgan fingerprint density at radius 1 is 1.62 bits per heavy atom. The van der Waals surface area contributed by atoms with Crippen LogP contribution in [-0.2, 0) is 14.3 Å². The van der Waals surface area contributed by atoms with Crippen LogP contribution in [0.5, 0.6) is 0 Å². The minimum absolute atomic E-state index is 0.270. The van der Waals surface area contributed by atoms with E-state index in [1.54, 1.807) is 0 Å². The number of carbonyl (C=O) groups is 1. The summed E-state index contributed by atoms with van der Waals surface area (Å²) in [6, 6.07) is 0. The van der Waals surface area contributed by atoms with Gasteiger partial charge < -0.3 is 14.6 Å². The fraction of sp³-hybridized carbons (Fsp3) is 0.875. The highest BCUT2D eigenvalue weighted by Gasteiger charge is 2.06. The largest absolute Gasteiger partial charge is 0.468 e. The number of hydrogen-bond acceptors (Lipinski definition) is 5. The minimum Gasteiger partial charge on any atom is -0.468 e. The monoisotopic (exact) mass is 208 g/mol. The van der Waals surface area contributed by atoms with Gasteiger partial charge in [-0.3, -0.25) is 4.79 Å². The lowest BCUT2D eigenvalue weighted by molar-refractivity contribution is -0.137. The van der Waals surface area contributed by atoms with Crippen molar-refractivity contribution in [3.05, 3.63) is 0 Å². The lowest BCUT2D eigenvalue weighted by Crippen LogP contribution is -2.19. The van der Waals surface area contributed by atoms with Crippen molar-refractivity contribution < 1.29 is 19.4 Å². The van der Waals surface area contributed by atoms with Gasteiger partial charge in [-0.2, -0.15) is 0 Å². The Hall–Kier alpha value is -0.260. The molecule has 78 valence electrons. The maximum Gasteiger partial charge on any atom is 0.315 e. The average molecular weight is 208 g/mol. The maximum absolute atomic E-state index is 10.7. The van der Waals surface area contributed by atoms with Crippen molar-refractivity contribution in [2.75, 3.05) is 31.8 Å². The lowest BCUT2D eigenvalue weighted by atomic mass is 10.4. The number of aliphatic hydroxyl groups excluding tert-OH is 1. The number of aliphatic hydroxyl groups is 1. The smallest absolute Gasteiger partial charge is 0.315 e. The summed E-state index contributed by atoms with van der Waals surface area (Å²) >= 11 is 1.34. The van der Waals surface area contributed by atoms with Gasteiger partial charge in [-0.15, -0.1) is 11.8 Å². The number of hydrogen-bond donors (Lipinski definition) is 1. The first kappa shape index (κ1) is 12.7. The Balaban J connectivity index is 3.26. The van der Waals surface area contributed by atoms with Gasteiger partial charge in [0.1, 0.15) is 0 Å². The molecule has 0 fully saturated rings. The molecule has 1 unspecified atom stereocenters. The maximum atomic E-state index is 10.7. The first-order chi connectivity index (χ1) is 6.20. The summed E-state index contributed by atoms with van der Waals surface area (Å²) in [5.74, 6) is 0.503. The molecular weight excluding hydrogens is 192 g/mol. The van der Waals surface area contributed by atoms with Crippen molar-refractivity contribution in [3.63, 3.8) is 0 Å². The zero-order chi connectivity index (χ0) is 10.1. The van der Waals surface area contributed by atoms with Crippen molar-refractivity contribution in [3.8, 4) is 0 Å². The van der Waals surface area contributed by atoms with E-state index in [2.05, 4.69) is 4.74 Å². The van der Waals surface area contributed by atoms with Crippen LogP contribution in [0.4, 0.5) is 0 Å². The molecule has 0 spiro atoms. The Labute approximate surface area is 82.6 Å². The molecule has 0 saturated carbocycles. The molecule has 0 aliphatic heterocycles. The molecule has 0 bridgehead atoms. The molecule has 1 atom stereocenters. The van der Waals surface area contributed by atoms with E-state index >= 15 is 0 Å². The van der Waals surface area contributed by atoms with Gasteiger partial charge in [0, 0.05) is 12.4 Å². The first-order valence-corrected chi connectivity index (χ1v) is 5.26. The molecule has 0 radical (unpaired) electrons. The third kappa shape index (κ3) is 8.08. The van der Waals surface area contributed by atoms with Gasteiger partial charge in [0.25, 0.3) is 0 Å². The molecule has 0 aliphatic carbocycles. The Kier molecular flexibility index (Phi) is 8.18. The molecule has 4 nitrogen and oxygen atoms in total. The van der Waals surface area contributed by atoms with Crippen LogP contribution in [0.25, 0.3) is 0 Å². The van der Waals surface area contributed by atoms with Crippen molar-refractivity contribution in [2.45, 2.75) is 13.0 Å². The number of thioether (sulfide) groups is 1. The van der Waals surface area contributed by atoms with E-state index in [4.69, 9.17) is 4.74 Å². The predicted octanol–water partition coefficient (Wildman–Crippen LogP) is 0.290. The van der Waals surface area contributed by atoms with Gasteiger partial charge in [-0.1, -0.05) is 0 Å². The van der Waals surface area contributed by atoms with E-state index in [9.17, 15) is 9.90 Å². The second-order valence-electron chi connectivity index (χ2n) is 2.40. The first-order valence-electron chi connectivity index (χ1n) is 4.11. The summed E-state index contributed by atoms with van der Waals surface area (Å²) in [5, 5.41) is 9.27. The SMILES string of the molecule is CCOCC(O)CSCC(=O)OC. The van der Waals surface area contributed by atoms with E-state index < -0.39 is 6.10 Å². The van der Waals surface area contributed by atoms with Gasteiger partial charge in [-0.05, 0) is 6.92 Å². The van der Waals surface area contributed by atoms with Gasteiger partial charge >= 0.3 is 5.97 Å². The molecule has 1 N–H and O–H groups in total. The Morgan fingerprint density at radius 3 is 2.85 bits per heavy atom. The molecule has 0 aromatic carbocycles. The molecule has 13 heavy (non-hydrogen) atoms. The fourth-order valence-corrected chi connectivity index (χ4v) is 1.41. The number of ether oxygens (including phenoxy) is 2. The van der Waals surface area contributed by atoms with E-state index in [-0.39, 0.29) is 11.7 Å². The van der Waals surface area contributed by atoms with Crippen LogP contribution in [0, 0.1) is 0 Å². The number of carbonyl (C=O) groups excluding carboxylic acids is 1. The summed E-state index contributed by atoms with van der Waals surface area (Å²) < 4.78 is 9.44. The highest BCUT2D eigenvalue weighted by atomic mass is 32.2. The molecule has 0 rings (SSSR count). The standard InChI is InChI=1S/C8H16O4S/c1-3-12-4-7(9)5-13-6-8(10)11-2/h7,9H,3-6H2,1-2H3. The molecular formula is C8H16O4S. The van der Waals surface area contributed by atoms with E-state index in [0.717, 1.165) is 0 Å². The molecule has 0 aliphatic rings. The van der Waals surface area contributed by atoms with Crippen molar-refractivity contribution >= 4 is 17.7 Å². The van der Waals surface area contributed by atoms with E-state index in [1.807, 2.05) is 6.92 Å². The lowest BCUT2D eigenvalue weighted by Gasteiger charge is -2.08. The van der Waals surface area contributed by atoms with Crippen LogP contribution in [0.2, 0.25) is 0 Å². The van der Waals surface area contributed by atoms with Crippen LogP contribution in [-0.4, -0.2) is 49.0 Å². The normalized spacial score (nSPS) is 12.5. The van der Waals surface area contributed by atoms with Crippen LogP contribution >= 0.6 is 11.8 Å². The van der Waals surface area contributed by atoms with Crippen molar-refractivity contribution in [1.29, 1.82) is 0 Å². The van der Waals surface area contributed by atoms with E-state index in [0.29, 0.717) is 19.0 Å². The van der Waals surface area contributed by atoms with Gasteiger partial charge in [0.15, 0.2) is 0 Å². The number of esters is 1. The molecule has 5 heteroatoms. The quantitative estimate of drug-likeness (QED) is 0.609. The Bertz CT molecular complexity index is 140. The summed E-state index contributed by atoms with van der Waals surface area (Å²) in [4.78, 5) is 10.7. The number of rotatable bonds is 7. The minimum atomic E-state index is -0.505. The highest BCUT2D eigenvalue weighted by Crippen LogP contribution is 2.03. The Morgan fingerprint density at radius 2 is 2.31 bits per heavy atom.